The normalized spacial score (nSPS) is 21.7. The molecule has 1 aromatic rings. The number of rotatable bonds is 6. The number of nitriles is 1. The van der Waals surface area contributed by atoms with Crippen molar-refractivity contribution < 1.29 is 9.64 Å². The lowest BCUT2D eigenvalue weighted by Gasteiger charge is -2.31. The van der Waals surface area contributed by atoms with Crippen molar-refractivity contribution in [1.82, 2.24) is 4.98 Å². The van der Waals surface area contributed by atoms with Crippen molar-refractivity contribution in [2.75, 3.05) is 19.7 Å². The fourth-order valence-electron chi connectivity index (χ4n) is 3.03. The molecule has 1 N–H and O–H groups in total. The zero-order chi connectivity index (χ0) is 16.3. The molecule has 0 radical (unpaired) electrons. The monoisotopic (exact) mass is 312 g/mol. The first-order chi connectivity index (χ1) is 11.3. The van der Waals surface area contributed by atoms with Crippen molar-refractivity contribution in [1.29, 1.82) is 5.26 Å². The van der Waals surface area contributed by atoms with Gasteiger partial charge >= 0.3 is 0 Å². The van der Waals surface area contributed by atoms with Crippen LogP contribution in [0.2, 0.25) is 0 Å². The number of nitrogens with zero attached hydrogens (tertiary/aromatic N) is 2. The average Bonchev–Trinajstić information content (AvgIpc) is 2.60. The van der Waals surface area contributed by atoms with Gasteiger partial charge in [-0.15, -0.1) is 0 Å². The quantitative estimate of drug-likeness (QED) is 0.645. The van der Waals surface area contributed by atoms with E-state index < -0.39 is 0 Å². The maximum atomic E-state index is 8.49. The van der Waals surface area contributed by atoms with E-state index in [1.165, 1.54) is 31.4 Å². The number of aromatic nitrogens is 1. The molecule has 1 aliphatic heterocycles. The summed E-state index contributed by atoms with van der Waals surface area (Å²) in [5.41, 5.74) is 1.33. The van der Waals surface area contributed by atoms with Crippen molar-refractivity contribution in [3.63, 3.8) is 0 Å². The Balaban J connectivity index is 1.81. The van der Waals surface area contributed by atoms with Crippen LogP contribution in [0.4, 0.5) is 0 Å². The highest BCUT2D eigenvalue weighted by atomic mass is 16.5. The van der Waals surface area contributed by atoms with Crippen molar-refractivity contribution in [2.45, 2.75) is 51.2 Å². The van der Waals surface area contributed by atoms with E-state index >= 15 is 0 Å². The Morgan fingerprint density at radius 1 is 1.43 bits per heavy atom. The average molecular weight is 312 g/mol. The lowest BCUT2D eigenvalue weighted by atomic mass is 9.96. The van der Waals surface area contributed by atoms with Crippen LogP contribution < -0.4 is 4.90 Å². The van der Waals surface area contributed by atoms with Gasteiger partial charge in [0.25, 0.3) is 0 Å². The summed E-state index contributed by atoms with van der Waals surface area (Å²) in [5, 5.41) is 8.49. The van der Waals surface area contributed by atoms with Crippen LogP contribution in [0, 0.1) is 23.2 Å². The summed E-state index contributed by atoms with van der Waals surface area (Å²) < 4.78 is 5.52. The molecule has 1 saturated heterocycles. The molecule has 1 unspecified atom stereocenters. The Morgan fingerprint density at radius 2 is 2.35 bits per heavy atom. The van der Waals surface area contributed by atoms with Gasteiger partial charge in [-0.1, -0.05) is 12.0 Å². The first kappa shape index (κ1) is 17.5. The van der Waals surface area contributed by atoms with Crippen molar-refractivity contribution >= 4 is 0 Å². The summed E-state index contributed by atoms with van der Waals surface area (Å²) >= 11 is 0. The predicted molar refractivity (Wildman–Crippen MR) is 89.6 cm³/mol. The lowest BCUT2D eigenvalue weighted by Crippen LogP contribution is -3.13. The second-order valence-corrected chi connectivity index (χ2v) is 6.07. The van der Waals surface area contributed by atoms with Crippen LogP contribution >= 0.6 is 0 Å². The smallest absolute Gasteiger partial charge is 0.139 e. The molecule has 0 bridgehead atoms. The van der Waals surface area contributed by atoms with Crippen LogP contribution in [0.5, 0.6) is 0 Å². The summed E-state index contributed by atoms with van der Waals surface area (Å²) in [6.07, 6.45) is 8.89. The Morgan fingerprint density at radius 3 is 3.13 bits per heavy atom. The fraction of sp³-hybridized carbons (Fsp3) is 0.579. The molecule has 0 amide bonds. The van der Waals surface area contributed by atoms with E-state index in [1.807, 2.05) is 25.4 Å². The van der Waals surface area contributed by atoms with Gasteiger partial charge in [0, 0.05) is 30.8 Å². The number of hydrogen-bond donors (Lipinski definition) is 1. The van der Waals surface area contributed by atoms with E-state index in [9.17, 15) is 0 Å². The van der Waals surface area contributed by atoms with Crippen LogP contribution in [0.3, 0.4) is 0 Å². The third-order valence-corrected chi connectivity index (χ3v) is 4.27. The number of piperidine rings is 1. The maximum Gasteiger partial charge on any atom is 0.139 e. The molecular formula is C19H26N3O+. The molecule has 0 aliphatic carbocycles. The Kier molecular flexibility index (Phi) is 7.60. The molecule has 0 saturated carbocycles. The zero-order valence-electron chi connectivity index (χ0n) is 13.9. The standard InChI is InChI=1S/C19H25N3O/c1-17(23-15-7-11-20)8-2-4-13-22-14-5-3-10-19(22)18-9-6-12-21-16-18/h6,9,12,16-17,19H,3,5,7-8,10,13-15H2,1H3/p+1/t17-,19+/m0/s1. The number of hydrogen-bond acceptors (Lipinski definition) is 3. The zero-order valence-corrected chi connectivity index (χ0v) is 13.9. The SMILES string of the molecule is C[C@@H](CC#CC[NH+]1CCCC[C@@H]1c1cccnc1)OCCC#N. The molecule has 4 nitrogen and oxygen atoms in total. The van der Waals surface area contributed by atoms with Crippen molar-refractivity contribution in [3.8, 4) is 17.9 Å². The van der Waals surface area contributed by atoms with Gasteiger partial charge in [-0.25, -0.2) is 0 Å². The summed E-state index contributed by atoms with van der Waals surface area (Å²) in [5.74, 6) is 6.56. The molecule has 2 heterocycles. The summed E-state index contributed by atoms with van der Waals surface area (Å²) in [6, 6.07) is 6.81. The maximum absolute atomic E-state index is 8.49. The molecule has 122 valence electrons. The molecular weight excluding hydrogens is 286 g/mol. The minimum absolute atomic E-state index is 0.0985. The highest BCUT2D eigenvalue weighted by molar-refractivity contribution is 5.12. The van der Waals surface area contributed by atoms with Gasteiger partial charge in [0.15, 0.2) is 0 Å². The van der Waals surface area contributed by atoms with Gasteiger partial charge in [0.05, 0.1) is 31.7 Å². The van der Waals surface area contributed by atoms with Gasteiger partial charge in [-0.05, 0) is 31.8 Å². The molecule has 1 aliphatic rings. The third-order valence-electron chi connectivity index (χ3n) is 4.27. The van der Waals surface area contributed by atoms with Crippen LogP contribution in [-0.2, 0) is 4.74 Å². The van der Waals surface area contributed by atoms with Crippen LogP contribution in [-0.4, -0.2) is 30.8 Å². The largest absolute Gasteiger partial charge is 0.376 e. The van der Waals surface area contributed by atoms with Crippen LogP contribution in [0.25, 0.3) is 0 Å². The minimum atomic E-state index is 0.0985. The second-order valence-electron chi connectivity index (χ2n) is 6.07. The second kappa shape index (κ2) is 10.0. The number of nitrogens with one attached hydrogen (secondary N) is 1. The number of ether oxygens (including phenoxy) is 1. The molecule has 1 aromatic heterocycles. The topological polar surface area (TPSA) is 50.4 Å². The van der Waals surface area contributed by atoms with Crippen molar-refractivity contribution in [2.24, 2.45) is 0 Å². The van der Waals surface area contributed by atoms with E-state index in [2.05, 4.69) is 29.0 Å². The molecule has 1 fully saturated rings. The fourth-order valence-corrected chi connectivity index (χ4v) is 3.03. The Bertz CT molecular complexity index is 555. The first-order valence-corrected chi connectivity index (χ1v) is 8.50. The summed E-state index contributed by atoms with van der Waals surface area (Å²) in [6.45, 7) is 4.57. The molecule has 4 heteroatoms. The van der Waals surface area contributed by atoms with Gasteiger partial charge in [-0.3, -0.25) is 4.98 Å². The van der Waals surface area contributed by atoms with Crippen LogP contribution in [0.15, 0.2) is 24.5 Å². The number of likely N-dealkylation sites (tertiary alicyclic amines) is 1. The molecule has 23 heavy (non-hydrogen) atoms. The van der Waals surface area contributed by atoms with Gasteiger partial charge in [0.1, 0.15) is 12.6 Å². The minimum Gasteiger partial charge on any atom is -0.376 e. The molecule has 0 aromatic carbocycles. The number of quaternary nitrogens is 1. The first-order valence-electron chi connectivity index (χ1n) is 8.50. The van der Waals surface area contributed by atoms with E-state index in [4.69, 9.17) is 10.00 Å². The van der Waals surface area contributed by atoms with E-state index in [0.29, 0.717) is 19.1 Å². The predicted octanol–water partition coefficient (Wildman–Crippen LogP) is 1.90. The van der Waals surface area contributed by atoms with Crippen LogP contribution in [0.1, 0.15) is 50.6 Å². The van der Waals surface area contributed by atoms with Gasteiger partial charge < -0.3 is 9.64 Å². The Hall–Kier alpha value is -1.88. The lowest BCUT2D eigenvalue weighted by molar-refractivity contribution is -0.930. The third kappa shape index (κ3) is 6.02. The highest BCUT2D eigenvalue weighted by Gasteiger charge is 2.26. The summed E-state index contributed by atoms with van der Waals surface area (Å²) in [4.78, 5) is 5.81. The molecule has 2 rings (SSSR count). The highest BCUT2D eigenvalue weighted by Crippen LogP contribution is 2.18. The van der Waals surface area contributed by atoms with Gasteiger partial charge in [-0.2, -0.15) is 5.26 Å². The van der Waals surface area contributed by atoms with E-state index in [0.717, 1.165) is 13.0 Å². The van der Waals surface area contributed by atoms with Crippen molar-refractivity contribution in [3.05, 3.63) is 30.1 Å². The Labute approximate surface area is 139 Å². The summed E-state index contributed by atoms with van der Waals surface area (Å²) in [7, 11) is 0. The molecule has 3 atom stereocenters. The van der Waals surface area contributed by atoms with E-state index in [-0.39, 0.29) is 6.10 Å². The van der Waals surface area contributed by atoms with E-state index in [1.54, 1.807) is 4.90 Å². The number of pyridine rings is 1. The van der Waals surface area contributed by atoms with Gasteiger partial charge in [0.2, 0.25) is 0 Å². The molecule has 0 spiro atoms.